The Labute approximate surface area is 252 Å². The molecule has 0 atom stereocenters. The minimum absolute atomic E-state index is 0.0517. The molecule has 3 aliphatic rings. The van der Waals surface area contributed by atoms with E-state index < -0.39 is 22.8 Å². The first kappa shape index (κ1) is 32.5. The fourth-order valence-corrected chi connectivity index (χ4v) is 7.09. The Morgan fingerprint density at radius 2 is 1.76 bits per heavy atom. The van der Waals surface area contributed by atoms with Gasteiger partial charge >= 0.3 is 0 Å². The molecule has 42 heavy (non-hydrogen) atoms. The summed E-state index contributed by atoms with van der Waals surface area (Å²) in [7, 11) is 1.53. The maximum Gasteiger partial charge on any atom is 0.262 e. The molecule has 0 unspecified atom stereocenters. The van der Waals surface area contributed by atoms with E-state index in [9.17, 15) is 22.4 Å². The third-order valence-electron chi connectivity index (χ3n) is 8.17. The molecule has 1 amide bonds. The molecular formula is C30H36F4N4O2S2. The van der Waals surface area contributed by atoms with E-state index in [0.717, 1.165) is 61.2 Å². The van der Waals surface area contributed by atoms with Gasteiger partial charge in [0.05, 0.1) is 16.7 Å². The number of unbranched alkanes of at least 4 members (excludes halogenated alkanes) is 1. The molecule has 3 N–H and O–H groups in total. The Hall–Kier alpha value is -2.46. The van der Waals surface area contributed by atoms with Gasteiger partial charge in [-0.25, -0.2) is 17.6 Å². The predicted molar refractivity (Wildman–Crippen MR) is 157 cm³/mol. The van der Waals surface area contributed by atoms with Crippen LogP contribution < -0.4 is 10.5 Å². The Morgan fingerprint density at radius 3 is 2.36 bits per heavy atom. The van der Waals surface area contributed by atoms with Crippen molar-refractivity contribution >= 4 is 35.3 Å². The predicted octanol–water partition coefficient (Wildman–Crippen LogP) is 6.79. The van der Waals surface area contributed by atoms with Crippen LogP contribution in [0.4, 0.5) is 23.2 Å². The Kier molecular flexibility index (Phi) is 10.7. The van der Waals surface area contributed by atoms with Gasteiger partial charge in [0.2, 0.25) is 0 Å². The van der Waals surface area contributed by atoms with Crippen molar-refractivity contribution in [1.82, 2.24) is 9.62 Å². The highest BCUT2D eigenvalue weighted by atomic mass is 32.2. The van der Waals surface area contributed by atoms with Crippen molar-refractivity contribution in [2.75, 3.05) is 38.2 Å². The summed E-state index contributed by atoms with van der Waals surface area (Å²) >= 11 is 2.68. The van der Waals surface area contributed by atoms with Crippen LogP contribution in [-0.4, -0.2) is 54.8 Å². The highest BCUT2D eigenvalue weighted by Crippen LogP contribution is 2.65. The lowest BCUT2D eigenvalue weighted by atomic mass is 9.84. The second kappa shape index (κ2) is 13.9. The molecule has 1 aliphatic heterocycles. The highest BCUT2D eigenvalue weighted by Gasteiger charge is 2.75. The fraction of sp³-hybridized carbons (Fsp3) is 0.533. The fourth-order valence-electron chi connectivity index (χ4n) is 5.44. The number of carbonyl (C=O) groups excluding carboxylic acids is 1. The molecule has 12 heteroatoms. The Morgan fingerprint density at radius 1 is 1.10 bits per heavy atom. The van der Waals surface area contributed by atoms with Gasteiger partial charge in [-0.1, -0.05) is 19.3 Å². The van der Waals surface area contributed by atoms with E-state index in [1.54, 1.807) is 23.9 Å². The molecule has 228 valence electrons. The number of nitriles is 1. The number of methoxy groups -OCH3 is 1. The Balaban J connectivity index is 0.000000193. The molecule has 0 radical (unpaired) electrons. The van der Waals surface area contributed by atoms with Gasteiger partial charge in [0.15, 0.2) is 0 Å². The lowest BCUT2D eigenvalue weighted by Crippen LogP contribution is -2.51. The number of ether oxygens (including phenoxy) is 1. The summed E-state index contributed by atoms with van der Waals surface area (Å²) in [6.45, 7) is 2.07. The zero-order valence-corrected chi connectivity index (χ0v) is 25.2. The van der Waals surface area contributed by atoms with Crippen LogP contribution in [0.3, 0.4) is 0 Å². The van der Waals surface area contributed by atoms with E-state index in [4.69, 9.17) is 15.7 Å². The molecule has 5 rings (SSSR count). The number of carbonyl (C=O) groups is 1. The van der Waals surface area contributed by atoms with E-state index in [1.165, 1.54) is 31.4 Å². The molecule has 2 saturated carbocycles. The van der Waals surface area contributed by atoms with Gasteiger partial charge < -0.3 is 15.4 Å². The first-order chi connectivity index (χ1) is 20.0. The lowest BCUT2D eigenvalue weighted by molar-refractivity contribution is -0.145. The minimum Gasteiger partial charge on any atom is -0.395 e. The number of amides is 1. The normalized spacial score (nSPS) is 19.6. The number of nitrogens with zero attached hydrogens (tertiary/aromatic N) is 2. The van der Waals surface area contributed by atoms with Gasteiger partial charge in [-0.15, -0.1) is 11.8 Å². The average molecular weight is 625 g/mol. The number of hydrogen-bond acceptors (Lipinski definition) is 7. The van der Waals surface area contributed by atoms with Crippen LogP contribution in [0.15, 0.2) is 46.2 Å². The van der Waals surface area contributed by atoms with Crippen molar-refractivity contribution in [3.63, 3.8) is 0 Å². The zero-order valence-electron chi connectivity index (χ0n) is 23.6. The monoisotopic (exact) mass is 624 g/mol. The smallest absolute Gasteiger partial charge is 0.262 e. The molecule has 1 heterocycles. The molecule has 0 bridgehead atoms. The van der Waals surface area contributed by atoms with E-state index in [0.29, 0.717) is 30.8 Å². The summed E-state index contributed by atoms with van der Waals surface area (Å²) in [5, 5.41) is 8.91. The van der Waals surface area contributed by atoms with Crippen LogP contribution in [-0.2, 0) is 9.53 Å². The van der Waals surface area contributed by atoms with Crippen molar-refractivity contribution < 1.29 is 27.1 Å². The molecule has 1 spiro atoms. The molecule has 6 nitrogen and oxygen atoms in total. The number of nitrogens with two attached hydrogens (primary N) is 1. The standard InChI is InChI=1S/C15H18F3NS.C15H18FN3O2S/c16-12-3-5-13(6-4-12)20-8-2-1-7-19-10-14(11-19)9-15(14,17)18;1-21-15(5-3-2-4-6-15)14(20)19-22-11-7-10(9-17)13(18)12(16)8-11/h3-6H,1-2,7-11H2;7-8H,2-6,18H2,1H3,(H,19,20). The van der Waals surface area contributed by atoms with Crippen LogP contribution in [0, 0.1) is 28.4 Å². The number of benzene rings is 2. The van der Waals surface area contributed by atoms with Crippen molar-refractivity contribution in [2.45, 2.75) is 72.7 Å². The van der Waals surface area contributed by atoms with Crippen molar-refractivity contribution in [3.05, 3.63) is 53.6 Å². The largest absolute Gasteiger partial charge is 0.395 e. The maximum atomic E-state index is 13.6. The maximum absolute atomic E-state index is 13.6. The number of anilines is 1. The van der Waals surface area contributed by atoms with Crippen molar-refractivity contribution in [3.8, 4) is 6.07 Å². The van der Waals surface area contributed by atoms with Crippen LogP contribution in [0.2, 0.25) is 0 Å². The molecule has 2 aromatic rings. The van der Waals surface area contributed by atoms with E-state index in [2.05, 4.69) is 9.62 Å². The van der Waals surface area contributed by atoms with Gasteiger partial charge in [-0.3, -0.25) is 9.52 Å². The van der Waals surface area contributed by atoms with Crippen molar-refractivity contribution in [1.29, 1.82) is 5.26 Å². The minimum atomic E-state index is -2.39. The second-order valence-corrected chi connectivity index (χ2v) is 13.2. The number of thioether (sulfide) groups is 1. The Bertz CT molecular complexity index is 1280. The number of alkyl halides is 2. The quantitative estimate of drug-likeness (QED) is 0.0989. The topological polar surface area (TPSA) is 91.4 Å². The number of nitrogen functional groups attached to an aromatic ring is 1. The molecule has 2 aromatic carbocycles. The summed E-state index contributed by atoms with van der Waals surface area (Å²) in [6, 6.07) is 11.0. The van der Waals surface area contributed by atoms with Gasteiger partial charge in [0.1, 0.15) is 23.3 Å². The van der Waals surface area contributed by atoms with E-state index in [-0.39, 0.29) is 29.4 Å². The lowest BCUT2D eigenvalue weighted by Gasteiger charge is -2.40. The van der Waals surface area contributed by atoms with Gasteiger partial charge in [-0.2, -0.15) is 5.26 Å². The number of likely N-dealkylation sites (tertiary alicyclic amines) is 1. The third-order valence-corrected chi connectivity index (χ3v) is 10.0. The van der Waals surface area contributed by atoms with Crippen LogP contribution >= 0.6 is 23.7 Å². The number of nitrogens with one attached hydrogen (secondary N) is 1. The van der Waals surface area contributed by atoms with Crippen molar-refractivity contribution in [2.24, 2.45) is 5.41 Å². The van der Waals surface area contributed by atoms with Crippen LogP contribution in [0.1, 0.15) is 56.9 Å². The van der Waals surface area contributed by atoms with Gasteiger partial charge in [0.25, 0.3) is 11.8 Å². The number of rotatable bonds is 10. The second-order valence-electron chi connectivity index (χ2n) is 11.2. The molecule has 2 aliphatic carbocycles. The van der Waals surface area contributed by atoms with E-state index in [1.807, 2.05) is 6.07 Å². The first-order valence-corrected chi connectivity index (χ1v) is 15.8. The third kappa shape index (κ3) is 7.73. The number of hydrogen-bond donors (Lipinski definition) is 2. The number of halogens is 4. The SMILES string of the molecule is COC1(C(=O)NSc2cc(F)c(N)c(C#N)c2)CCCCC1.Fc1ccc(SCCCCN2CC3(C2)CC3(F)F)cc1. The highest BCUT2D eigenvalue weighted by molar-refractivity contribution is 7.99. The average Bonchev–Trinajstić information content (AvgIpc) is 3.56. The summed E-state index contributed by atoms with van der Waals surface area (Å²) in [5.41, 5.74) is 3.88. The van der Waals surface area contributed by atoms with Gasteiger partial charge in [-0.05, 0) is 86.3 Å². The van der Waals surface area contributed by atoms with Crippen LogP contribution in [0.25, 0.3) is 0 Å². The molecule has 3 fully saturated rings. The summed E-state index contributed by atoms with van der Waals surface area (Å²) in [4.78, 5) is 16.0. The van der Waals surface area contributed by atoms with Crippen LogP contribution in [0.5, 0.6) is 0 Å². The summed E-state index contributed by atoms with van der Waals surface area (Å²) < 4.78 is 60.5. The molecular weight excluding hydrogens is 588 g/mol. The van der Waals surface area contributed by atoms with E-state index >= 15 is 0 Å². The summed E-state index contributed by atoms with van der Waals surface area (Å²) in [6.07, 6.45) is 6.53. The zero-order chi connectivity index (χ0) is 30.4. The molecule has 0 aromatic heterocycles. The molecule has 1 saturated heterocycles. The first-order valence-electron chi connectivity index (χ1n) is 14.0. The van der Waals surface area contributed by atoms with Gasteiger partial charge in [0, 0.05) is 36.4 Å². The summed E-state index contributed by atoms with van der Waals surface area (Å²) in [5.74, 6) is -2.51.